The van der Waals surface area contributed by atoms with Crippen LogP contribution in [0.3, 0.4) is 0 Å². The van der Waals surface area contributed by atoms with Crippen LogP contribution in [0.1, 0.15) is 37.8 Å². The fraction of sp³-hybridized carbons (Fsp3) is 0.355. The molecule has 0 saturated carbocycles. The summed E-state index contributed by atoms with van der Waals surface area (Å²) < 4.78 is 16.4. The van der Waals surface area contributed by atoms with Crippen molar-refractivity contribution in [3.8, 4) is 17.2 Å². The van der Waals surface area contributed by atoms with E-state index in [1.165, 1.54) is 0 Å². The maximum absolute atomic E-state index is 13.7. The van der Waals surface area contributed by atoms with Gasteiger partial charge in [0.25, 0.3) is 0 Å². The molecule has 0 aliphatic rings. The third-order valence-electron chi connectivity index (χ3n) is 6.05. The molecule has 3 aromatic rings. The van der Waals surface area contributed by atoms with Crippen LogP contribution in [0.25, 0.3) is 0 Å². The lowest BCUT2D eigenvalue weighted by atomic mass is 10.0. The van der Waals surface area contributed by atoms with Gasteiger partial charge in [-0.05, 0) is 67.8 Å². The topological polar surface area (TPSA) is 77.1 Å². The number of rotatable bonds is 14. The minimum atomic E-state index is -0.666. The highest BCUT2D eigenvalue weighted by Crippen LogP contribution is 2.20. The quantitative estimate of drug-likeness (QED) is 0.303. The Labute approximate surface area is 225 Å². The first kappa shape index (κ1) is 28.6. The van der Waals surface area contributed by atoms with Crippen LogP contribution < -0.4 is 19.5 Å². The van der Waals surface area contributed by atoms with Crippen LogP contribution >= 0.6 is 0 Å². The predicted octanol–water partition coefficient (Wildman–Crippen LogP) is 5.03. The van der Waals surface area contributed by atoms with Gasteiger partial charge in [0.2, 0.25) is 11.8 Å². The Morgan fingerprint density at radius 2 is 1.47 bits per heavy atom. The van der Waals surface area contributed by atoms with E-state index in [1.807, 2.05) is 92.7 Å². The molecule has 0 heterocycles. The Morgan fingerprint density at radius 3 is 2.13 bits per heavy atom. The summed E-state index contributed by atoms with van der Waals surface area (Å²) in [6.07, 6.45) is 1.18. The first-order chi connectivity index (χ1) is 18.4. The molecule has 0 aliphatic carbocycles. The highest BCUT2D eigenvalue weighted by Gasteiger charge is 2.30. The average molecular weight is 519 g/mol. The molecule has 2 amide bonds. The number of amides is 2. The molecule has 0 saturated heterocycles. The molecule has 1 N–H and O–H groups in total. The zero-order valence-corrected chi connectivity index (χ0v) is 22.7. The summed E-state index contributed by atoms with van der Waals surface area (Å²) in [5, 5.41) is 3.01. The van der Waals surface area contributed by atoms with Gasteiger partial charge in [-0.15, -0.1) is 0 Å². The Morgan fingerprint density at radius 1 is 0.816 bits per heavy atom. The Kier molecular flexibility index (Phi) is 11.0. The molecule has 7 nitrogen and oxygen atoms in total. The van der Waals surface area contributed by atoms with E-state index in [2.05, 4.69) is 5.32 Å². The molecule has 1 atom stereocenters. The summed E-state index contributed by atoms with van der Waals surface area (Å²) in [6, 6.07) is 24.0. The summed E-state index contributed by atoms with van der Waals surface area (Å²) in [5.41, 5.74) is 1.88. The molecule has 0 fully saturated rings. The number of nitrogens with zero attached hydrogens (tertiary/aromatic N) is 1. The highest BCUT2D eigenvalue weighted by molar-refractivity contribution is 5.88. The molecular weight excluding hydrogens is 480 g/mol. The Hall–Kier alpha value is -4.00. The van der Waals surface area contributed by atoms with E-state index in [-0.39, 0.29) is 24.3 Å². The van der Waals surface area contributed by atoms with E-state index in [9.17, 15) is 9.59 Å². The normalized spacial score (nSPS) is 11.5. The lowest BCUT2D eigenvalue weighted by molar-refractivity contribution is -0.141. The van der Waals surface area contributed by atoms with Crippen molar-refractivity contribution in [2.45, 2.75) is 51.7 Å². The van der Waals surface area contributed by atoms with E-state index in [0.717, 1.165) is 16.9 Å². The first-order valence-electron chi connectivity index (χ1n) is 12.9. The number of carbonyl (C=O) groups is 2. The zero-order valence-electron chi connectivity index (χ0n) is 22.7. The third-order valence-corrected chi connectivity index (χ3v) is 6.05. The van der Waals surface area contributed by atoms with Gasteiger partial charge >= 0.3 is 0 Å². The van der Waals surface area contributed by atoms with Gasteiger partial charge in [-0.25, -0.2) is 0 Å². The molecule has 0 unspecified atom stereocenters. The molecule has 202 valence electrons. The molecule has 0 aromatic heterocycles. The van der Waals surface area contributed by atoms with Crippen molar-refractivity contribution < 1.29 is 23.8 Å². The Bertz CT molecular complexity index is 1150. The fourth-order valence-corrected chi connectivity index (χ4v) is 4.13. The highest BCUT2D eigenvalue weighted by atomic mass is 16.5. The van der Waals surface area contributed by atoms with E-state index < -0.39 is 6.04 Å². The number of carbonyl (C=O) groups excluding carboxylic acids is 2. The second kappa shape index (κ2) is 14.7. The number of methoxy groups -OCH3 is 2. The maximum atomic E-state index is 13.7. The number of benzene rings is 3. The van der Waals surface area contributed by atoms with Gasteiger partial charge in [-0.2, -0.15) is 0 Å². The summed E-state index contributed by atoms with van der Waals surface area (Å²) in [5.74, 6) is 1.89. The second-order valence-electron chi connectivity index (χ2n) is 9.37. The average Bonchev–Trinajstić information content (AvgIpc) is 2.93. The molecule has 3 rings (SSSR count). The lowest BCUT2D eigenvalue weighted by Crippen LogP contribution is -2.51. The second-order valence-corrected chi connectivity index (χ2v) is 9.37. The van der Waals surface area contributed by atoms with Crippen LogP contribution in [0.4, 0.5) is 0 Å². The van der Waals surface area contributed by atoms with Crippen LogP contribution in [-0.2, 0) is 22.6 Å². The van der Waals surface area contributed by atoms with Gasteiger partial charge in [-0.3, -0.25) is 9.59 Å². The van der Waals surface area contributed by atoms with Gasteiger partial charge in [-0.1, -0.05) is 42.5 Å². The summed E-state index contributed by atoms with van der Waals surface area (Å²) in [6.45, 7) is 4.51. The minimum absolute atomic E-state index is 0.0487. The van der Waals surface area contributed by atoms with Crippen molar-refractivity contribution >= 4 is 11.8 Å². The number of hydrogen-bond donors (Lipinski definition) is 1. The van der Waals surface area contributed by atoms with Crippen LogP contribution in [-0.4, -0.2) is 49.6 Å². The lowest BCUT2D eigenvalue weighted by Gasteiger charge is -2.32. The smallest absolute Gasteiger partial charge is 0.243 e. The van der Waals surface area contributed by atoms with Crippen molar-refractivity contribution in [1.82, 2.24) is 10.2 Å². The molecule has 0 aliphatic heterocycles. The largest absolute Gasteiger partial charge is 0.497 e. The molecule has 0 radical (unpaired) electrons. The number of nitrogens with one attached hydrogen (secondary N) is 1. The molecule has 0 spiro atoms. The van der Waals surface area contributed by atoms with Crippen molar-refractivity contribution in [2.75, 3.05) is 20.8 Å². The molecule has 0 bridgehead atoms. The van der Waals surface area contributed by atoms with Crippen LogP contribution in [0.5, 0.6) is 17.2 Å². The van der Waals surface area contributed by atoms with Crippen molar-refractivity contribution in [3.05, 3.63) is 90.0 Å². The summed E-state index contributed by atoms with van der Waals surface area (Å²) >= 11 is 0. The van der Waals surface area contributed by atoms with Gasteiger partial charge in [0, 0.05) is 25.4 Å². The van der Waals surface area contributed by atoms with Crippen LogP contribution in [0.15, 0.2) is 78.9 Å². The van der Waals surface area contributed by atoms with Gasteiger partial charge in [0.05, 0.1) is 20.8 Å². The van der Waals surface area contributed by atoms with E-state index in [4.69, 9.17) is 14.2 Å². The van der Waals surface area contributed by atoms with E-state index in [0.29, 0.717) is 37.5 Å². The zero-order chi connectivity index (χ0) is 27.3. The van der Waals surface area contributed by atoms with E-state index in [1.54, 1.807) is 19.1 Å². The monoisotopic (exact) mass is 518 g/mol. The standard InChI is InChI=1S/C31H38N2O5/c1-23(2)32-31(35)29(21-24-10-6-5-7-11-24)33(22-25-12-8-13-28(20-25)37-4)30(34)14-9-19-38-27-17-15-26(36-3)16-18-27/h5-8,10-13,15-18,20,23,29H,9,14,19,21-22H2,1-4H3,(H,32,35)/t29-/m0/s1. The van der Waals surface area contributed by atoms with Gasteiger partial charge < -0.3 is 24.4 Å². The van der Waals surface area contributed by atoms with Gasteiger partial charge in [0.15, 0.2) is 0 Å². The predicted molar refractivity (Wildman–Crippen MR) is 148 cm³/mol. The maximum Gasteiger partial charge on any atom is 0.243 e. The summed E-state index contributed by atoms with van der Waals surface area (Å²) in [4.78, 5) is 28.8. The van der Waals surface area contributed by atoms with Crippen molar-refractivity contribution in [3.63, 3.8) is 0 Å². The minimum Gasteiger partial charge on any atom is -0.497 e. The molecule has 7 heteroatoms. The van der Waals surface area contributed by atoms with Crippen LogP contribution in [0, 0.1) is 0 Å². The molecule has 3 aromatic carbocycles. The third kappa shape index (κ3) is 8.83. The fourth-order valence-electron chi connectivity index (χ4n) is 4.13. The van der Waals surface area contributed by atoms with Gasteiger partial charge in [0.1, 0.15) is 23.3 Å². The summed E-state index contributed by atoms with van der Waals surface area (Å²) in [7, 11) is 3.23. The SMILES string of the molecule is COc1ccc(OCCCC(=O)N(Cc2cccc(OC)c2)[C@@H](Cc2ccccc2)C(=O)NC(C)C)cc1. The Balaban J connectivity index is 1.78. The van der Waals surface area contributed by atoms with Crippen molar-refractivity contribution in [2.24, 2.45) is 0 Å². The van der Waals surface area contributed by atoms with E-state index >= 15 is 0 Å². The molecular formula is C31H38N2O5. The van der Waals surface area contributed by atoms with Crippen LogP contribution in [0.2, 0.25) is 0 Å². The first-order valence-corrected chi connectivity index (χ1v) is 12.9. The number of hydrogen-bond acceptors (Lipinski definition) is 5. The molecule has 38 heavy (non-hydrogen) atoms. The van der Waals surface area contributed by atoms with Crippen molar-refractivity contribution in [1.29, 1.82) is 0 Å². The number of ether oxygens (including phenoxy) is 3.